The SMILES string of the molecule is CC(S)C(=O)OC1CCOCC1. The second-order valence-electron chi connectivity index (χ2n) is 2.92. The van der Waals surface area contributed by atoms with E-state index < -0.39 is 0 Å². The molecule has 0 N–H and O–H groups in total. The molecule has 0 aromatic carbocycles. The molecule has 3 nitrogen and oxygen atoms in total. The van der Waals surface area contributed by atoms with Crippen LogP contribution in [0, 0.1) is 0 Å². The number of hydrogen-bond donors (Lipinski definition) is 1. The van der Waals surface area contributed by atoms with Gasteiger partial charge in [-0.3, -0.25) is 4.79 Å². The van der Waals surface area contributed by atoms with E-state index in [2.05, 4.69) is 12.6 Å². The maximum atomic E-state index is 11.1. The molecule has 0 aromatic rings. The number of rotatable bonds is 2. The predicted octanol–water partition coefficient (Wildman–Crippen LogP) is 1.03. The van der Waals surface area contributed by atoms with Gasteiger partial charge in [-0.25, -0.2) is 0 Å². The van der Waals surface area contributed by atoms with Crippen LogP contribution in [0.2, 0.25) is 0 Å². The van der Waals surface area contributed by atoms with Crippen molar-refractivity contribution in [1.82, 2.24) is 0 Å². The maximum Gasteiger partial charge on any atom is 0.318 e. The van der Waals surface area contributed by atoms with Gasteiger partial charge >= 0.3 is 5.97 Å². The number of ether oxygens (including phenoxy) is 2. The van der Waals surface area contributed by atoms with E-state index in [1.54, 1.807) is 6.92 Å². The minimum absolute atomic E-state index is 0.0425. The largest absolute Gasteiger partial charge is 0.461 e. The summed E-state index contributed by atoms with van der Waals surface area (Å²) < 4.78 is 10.3. The van der Waals surface area contributed by atoms with E-state index in [0.717, 1.165) is 12.8 Å². The Balaban J connectivity index is 2.24. The molecule has 0 bridgehead atoms. The molecule has 0 aliphatic carbocycles. The summed E-state index contributed by atoms with van der Waals surface area (Å²) in [6, 6.07) is 0. The number of carbonyl (C=O) groups excluding carboxylic acids is 1. The van der Waals surface area contributed by atoms with Crippen LogP contribution in [0.15, 0.2) is 0 Å². The molecule has 0 radical (unpaired) electrons. The van der Waals surface area contributed by atoms with E-state index in [4.69, 9.17) is 9.47 Å². The third-order valence-electron chi connectivity index (χ3n) is 1.79. The Morgan fingerprint density at radius 3 is 2.67 bits per heavy atom. The molecule has 1 fully saturated rings. The minimum atomic E-state index is -0.326. The zero-order valence-corrected chi connectivity index (χ0v) is 8.05. The fourth-order valence-electron chi connectivity index (χ4n) is 1.06. The summed E-state index contributed by atoms with van der Waals surface area (Å²) in [7, 11) is 0. The lowest BCUT2D eigenvalue weighted by atomic mass is 10.1. The topological polar surface area (TPSA) is 35.5 Å². The monoisotopic (exact) mass is 190 g/mol. The van der Waals surface area contributed by atoms with Crippen LogP contribution in [-0.4, -0.2) is 30.5 Å². The van der Waals surface area contributed by atoms with Crippen molar-refractivity contribution in [2.45, 2.75) is 31.1 Å². The van der Waals surface area contributed by atoms with Crippen molar-refractivity contribution >= 4 is 18.6 Å². The smallest absolute Gasteiger partial charge is 0.318 e. The van der Waals surface area contributed by atoms with Gasteiger partial charge in [0, 0.05) is 12.8 Å². The molecule has 0 spiro atoms. The van der Waals surface area contributed by atoms with Crippen molar-refractivity contribution in [2.24, 2.45) is 0 Å². The van der Waals surface area contributed by atoms with Crippen LogP contribution in [0.3, 0.4) is 0 Å². The first-order chi connectivity index (χ1) is 5.70. The van der Waals surface area contributed by atoms with E-state index in [-0.39, 0.29) is 17.3 Å². The minimum Gasteiger partial charge on any atom is -0.461 e. The average Bonchev–Trinajstić information content (AvgIpc) is 2.06. The van der Waals surface area contributed by atoms with Crippen molar-refractivity contribution in [3.8, 4) is 0 Å². The molecular formula is C8H14O3S. The van der Waals surface area contributed by atoms with Crippen LogP contribution in [0.25, 0.3) is 0 Å². The van der Waals surface area contributed by atoms with Gasteiger partial charge in [-0.05, 0) is 6.92 Å². The van der Waals surface area contributed by atoms with Gasteiger partial charge in [0.05, 0.1) is 18.5 Å². The van der Waals surface area contributed by atoms with Crippen LogP contribution in [0.4, 0.5) is 0 Å². The fourth-order valence-corrected chi connectivity index (χ4v) is 1.12. The van der Waals surface area contributed by atoms with Crippen LogP contribution in [0.5, 0.6) is 0 Å². The standard InChI is InChI=1S/C8H14O3S/c1-6(12)8(9)11-7-2-4-10-5-3-7/h6-7,12H,2-5H2,1H3. The lowest BCUT2D eigenvalue weighted by molar-refractivity contribution is -0.152. The molecule has 4 heteroatoms. The number of thiol groups is 1. The molecule has 0 aromatic heterocycles. The Morgan fingerprint density at radius 1 is 1.58 bits per heavy atom. The molecule has 1 unspecified atom stereocenters. The third kappa shape index (κ3) is 3.03. The maximum absolute atomic E-state index is 11.1. The highest BCUT2D eigenvalue weighted by atomic mass is 32.1. The summed E-state index contributed by atoms with van der Waals surface area (Å²) in [5.41, 5.74) is 0. The fraction of sp³-hybridized carbons (Fsp3) is 0.875. The van der Waals surface area contributed by atoms with E-state index in [1.165, 1.54) is 0 Å². The van der Waals surface area contributed by atoms with Crippen LogP contribution < -0.4 is 0 Å². The summed E-state index contributed by atoms with van der Waals surface area (Å²) >= 11 is 3.99. The van der Waals surface area contributed by atoms with Crippen LogP contribution in [-0.2, 0) is 14.3 Å². The van der Waals surface area contributed by atoms with Gasteiger partial charge in [0.1, 0.15) is 6.10 Å². The highest BCUT2D eigenvalue weighted by Gasteiger charge is 2.19. The Hall–Kier alpha value is -0.220. The van der Waals surface area contributed by atoms with Gasteiger partial charge in [0.25, 0.3) is 0 Å². The molecule has 1 saturated heterocycles. The van der Waals surface area contributed by atoms with Gasteiger partial charge in [0.15, 0.2) is 0 Å². The molecule has 12 heavy (non-hydrogen) atoms. The van der Waals surface area contributed by atoms with Crippen LogP contribution >= 0.6 is 12.6 Å². The lowest BCUT2D eigenvalue weighted by Gasteiger charge is -2.22. The lowest BCUT2D eigenvalue weighted by Crippen LogP contribution is -2.28. The summed E-state index contributed by atoms with van der Waals surface area (Å²) in [6.07, 6.45) is 1.67. The van der Waals surface area contributed by atoms with Gasteiger partial charge < -0.3 is 9.47 Å². The summed E-state index contributed by atoms with van der Waals surface area (Å²) in [4.78, 5) is 11.1. The zero-order chi connectivity index (χ0) is 8.97. The van der Waals surface area contributed by atoms with Gasteiger partial charge in [-0.2, -0.15) is 12.6 Å². The molecular weight excluding hydrogens is 176 g/mol. The number of carbonyl (C=O) groups is 1. The molecule has 1 atom stereocenters. The van der Waals surface area contributed by atoms with E-state index in [9.17, 15) is 4.79 Å². The zero-order valence-electron chi connectivity index (χ0n) is 7.16. The van der Waals surface area contributed by atoms with Crippen molar-refractivity contribution in [1.29, 1.82) is 0 Å². The third-order valence-corrected chi connectivity index (χ3v) is 2.00. The Labute approximate surface area is 77.8 Å². The Morgan fingerprint density at radius 2 is 2.17 bits per heavy atom. The van der Waals surface area contributed by atoms with E-state index >= 15 is 0 Å². The van der Waals surface area contributed by atoms with Crippen LogP contribution in [0.1, 0.15) is 19.8 Å². The molecule has 1 aliphatic heterocycles. The summed E-state index contributed by atoms with van der Waals surface area (Å²) in [5, 5.41) is -0.326. The first kappa shape index (κ1) is 9.86. The second kappa shape index (κ2) is 4.72. The van der Waals surface area contributed by atoms with Gasteiger partial charge in [-0.15, -0.1) is 0 Å². The van der Waals surface area contributed by atoms with Gasteiger partial charge in [-0.1, -0.05) is 0 Å². The average molecular weight is 190 g/mol. The summed E-state index contributed by atoms with van der Waals surface area (Å²) in [6.45, 7) is 3.10. The molecule has 0 amide bonds. The summed E-state index contributed by atoms with van der Waals surface area (Å²) in [5.74, 6) is -0.231. The van der Waals surface area contributed by atoms with E-state index in [1.807, 2.05) is 0 Å². The van der Waals surface area contributed by atoms with Gasteiger partial charge in [0.2, 0.25) is 0 Å². The van der Waals surface area contributed by atoms with Crippen molar-refractivity contribution < 1.29 is 14.3 Å². The molecule has 1 aliphatic rings. The Kier molecular flexibility index (Phi) is 3.88. The molecule has 70 valence electrons. The quantitative estimate of drug-likeness (QED) is 0.522. The van der Waals surface area contributed by atoms with Crippen molar-refractivity contribution in [3.05, 3.63) is 0 Å². The molecule has 1 rings (SSSR count). The number of esters is 1. The highest BCUT2D eigenvalue weighted by Crippen LogP contribution is 2.12. The Bertz CT molecular complexity index is 152. The van der Waals surface area contributed by atoms with Crippen molar-refractivity contribution in [2.75, 3.05) is 13.2 Å². The first-order valence-corrected chi connectivity index (χ1v) is 4.68. The highest BCUT2D eigenvalue weighted by molar-refractivity contribution is 7.81. The first-order valence-electron chi connectivity index (χ1n) is 4.16. The normalized spacial score (nSPS) is 21.8. The predicted molar refractivity (Wildman–Crippen MR) is 48.4 cm³/mol. The molecule has 1 heterocycles. The second-order valence-corrected chi connectivity index (χ2v) is 3.70. The number of hydrogen-bond acceptors (Lipinski definition) is 4. The molecule has 0 saturated carbocycles. The van der Waals surface area contributed by atoms with Crippen molar-refractivity contribution in [3.63, 3.8) is 0 Å². The van der Waals surface area contributed by atoms with E-state index in [0.29, 0.717) is 13.2 Å².